The Morgan fingerprint density at radius 3 is 1.35 bits per heavy atom. The number of thiol groups is 2. The van der Waals surface area contributed by atoms with Gasteiger partial charge in [-0.25, -0.2) is 9.59 Å². The van der Waals surface area contributed by atoms with Crippen molar-refractivity contribution in [3.8, 4) is 34.1 Å². The van der Waals surface area contributed by atoms with Crippen molar-refractivity contribution >= 4 is 49.1 Å². The Labute approximate surface area is 257 Å². The van der Waals surface area contributed by atoms with Crippen molar-refractivity contribution < 1.29 is 23.5 Å². The summed E-state index contributed by atoms with van der Waals surface area (Å²) in [6.45, 7) is 0. The molecule has 0 atom stereocenters. The third-order valence-corrected chi connectivity index (χ3v) is 6.56. The van der Waals surface area contributed by atoms with Gasteiger partial charge in [-0.3, -0.25) is 0 Å². The van der Waals surface area contributed by atoms with Crippen LogP contribution in [0.1, 0.15) is 11.1 Å². The maximum atomic E-state index is 12.2. The quantitative estimate of drug-likeness (QED) is 0.0923. The lowest BCUT2D eigenvalue weighted by Gasteiger charge is -2.05. The van der Waals surface area contributed by atoms with Crippen LogP contribution in [0.4, 0.5) is 9.59 Å². The Morgan fingerprint density at radius 1 is 0.581 bits per heavy atom. The SMILES string of the molecule is N/C(=N\C(=O)Oc1cccc(S)c1)c1ccc(-c2ccc(-c3ccc(/C(N)=N/C(=O)Oc4cccc(S)c4)cc3)o2)cc1. The average molecular weight is 609 g/mol. The molecule has 4 aromatic carbocycles. The molecule has 0 fully saturated rings. The third kappa shape index (κ3) is 7.73. The van der Waals surface area contributed by atoms with Crippen molar-refractivity contribution in [2.75, 3.05) is 0 Å². The Bertz CT molecular complexity index is 1720. The molecule has 0 bridgehead atoms. The van der Waals surface area contributed by atoms with E-state index in [9.17, 15) is 9.59 Å². The number of furan rings is 1. The first-order valence-electron chi connectivity index (χ1n) is 12.7. The first kappa shape index (κ1) is 29.2. The van der Waals surface area contributed by atoms with Crippen LogP contribution >= 0.6 is 25.3 Å². The molecule has 11 heteroatoms. The highest BCUT2D eigenvalue weighted by Crippen LogP contribution is 2.29. The Kier molecular flexibility index (Phi) is 8.94. The third-order valence-electron chi connectivity index (χ3n) is 6.01. The minimum Gasteiger partial charge on any atom is -0.456 e. The van der Waals surface area contributed by atoms with Crippen LogP contribution in [0.15, 0.2) is 133 Å². The monoisotopic (exact) mass is 608 g/mol. The Balaban J connectivity index is 1.22. The highest BCUT2D eigenvalue weighted by Gasteiger charge is 2.11. The minimum atomic E-state index is -0.838. The highest BCUT2D eigenvalue weighted by atomic mass is 32.1. The number of amidine groups is 2. The van der Waals surface area contributed by atoms with E-state index in [1.54, 1.807) is 72.8 Å². The smallest absolute Gasteiger partial charge is 0.441 e. The molecule has 9 nitrogen and oxygen atoms in total. The van der Waals surface area contributed by atoms with Crippen LogP contribution < -0.4 is 20.9 Å². The maximum Gasteiger partial charge on any atom is 0.441 e. The second kappa shape index (κ2) is 13.1. The number of hydrogen-bond donors (Lipinski definition) is 4. The number of nitrogens with two attached hydrogens (primary N) is 2. The summed E-state index contributed by atoms with van der Waals surface area (Å²) in [5, 5.41) is 0. The van der Waals surface area contributed by atoms with Crippen LogP contribution in [-0.4, -0.2) is 23.9 Å². The van der Waals surface area contributed by atoms with Crippen LogP contribution in [0.25, 0.3) is 22.6 Å². The molecular formula is C32H24N4O5S2. The Hall–Kier alpha value is -5.26. The highest BCUT2D eigenvalue weighted by molar-refractivity contribution is 7.80. The summed E-state index contributed by atoms with van der Waals surface area (Å²) < 4.78 is 16.4. The van der Waals surface area contributed by atoms with E-state index in [0.29, 0.717) is 43.9 Å². The number of amides is 2. The molecule has 43 heavy (non-hydrogen) atoms. The standard InChI is InChI=1S/C32H24N4O5S2/c33-29(35-31(37)39-23-3-1-5-25(42)17-23)21-11-7-19(8-12-21)27-15-16-28(41-27)20-9-13-22(14-10-20)30(34)36-32(38)40-24-4-2-6-26(43)18-24/h1-18,42-43H,(H2,33,35,37)(H2,34,36,38). The first-order chi connectivity index (χ1) is 20.7. The molecule has 5 aromatic rings. The molecule has 0 aliphatic rings. The molecule has 1 aromatic heterocycles. The van der Waals surface area contributed by atoms with Gasteiger partial charge in [0.25, 0.3) is 0 Å². The zero-order chi connectivity index (χ0) is 30.3. The Morgan fingerprint density at radius 2 is 0.977 bits per heavy atom. The summed E-state index contributed by atoms with van der Waals surface area (Å²) in [7, 11) is 0. The summed E-state index contributed by atoms with van der Waals surface area (Å²) in [6.07, 6.45) is -1.68. The second-order valence-electron chi connectivity index (χ2n) is 9.04. The van der Waals surface area contributed by atoms with Gasteiger partial charge in [-0.05, 0) is 48.5 Å². The van der Waals surface area contributed by atoms with Gasteiger partial charge in [-0.1, -0.05) is 60.7 Å². The molecule has 5 rings (SSSR count). The van der Waals surface area contributed by atoms with Crippen molar-refractivity contribution in [1.82, 2.24) is 0 Å². The normalized spacial score (nSPS) is 11.7. The van der Waals surface area contributed by atoms with E-state index in [-0.39, 0.29) is 11.7 Å². The van der Waals surface area contributed by atoms with E-state index in [0.717, 1.165) is 11.1 Å². The van der Waals surface area contributed by atoms with Crippen LogP contribution in [0.5, 0.6) is 11.5 Å². The summed E-state index contributed by atoms with van der Waals surface area (Å²) in [5.41, 5.74) is 14.7. The zero-order valence-corrected chi connectivity index (χ0v) is 24.2. The lowest BCUT2D eigenvalue weighted by Crippen LogP contribution is -2.17. The average Bonchev–Trinajstić information content (AvgIpc) is 3.48. The minimum absolute atomic E-state index is 0.0155. The van der Waals surface area contributed by atoms with Crippen molar-refractivity contribution in [3.63, 3.8) is 0 Å². The van der Waals surface area contributed by atoms with Crippen molar-refractivity contribution in [2.24, 2.45) is 21.5 Å². The number of carbonyl (C=O) groups is 2. The van der Waals surface area contributed by atoms with E-state index >= 15 is 0 Å². The molecule has 0 aliphatic heterocycles. The van der Waals surface area contributed by atoms with Crippen LogP contribution in [0, 0.1) is 0 Å². The van der Waals surface area contributed by atoms with Crippen LogP contribution in [0.2, 0.25) is 0 Å². The maximum absolute atomic E-state index is 12.2. The van der Waals surface area contributed by atoms with Crippen molar-refractivity contribution in [2.45, 2.75) is 9.79 Å². The van der Waals surface area contributed by atoms with Gasteiger partial charge in [0.15, 0.2) is 0 Å². The van der Waals surface area contributed by atoms with Gasteiger partial charge >= 0.3 is 12.2 Å². The van der Waals surface area contributed by atoms with E-state index in [4.69, 9.17) is 25.4 Å². The fourth-order valence-corrected chi connectivity index (χ4v) is 4.35. The number of rotatable bonds is 6. The molecule has 2 amide bonds. The second-order valence-corrected chi connectivity index (χ2v) is 10.1. The van der Waals surface area contributed by atoms with Gasteiger partial charge in [0.1, 0.15) is 34.7 Å². The van der Waals surface area contributed by atoms with Gasteiger partial charge in [-0.2, -0.15) is 9.98 Å². The largest absolute Gasteiger partial charge is 0.456 e. The zero-order valence-electron chi connectivity index (χ0n) is 22.4. The van der Waals surface area contributed by atoms with Crippen LogP contribution in [0.3, 0.4) is 0 Å². The summed E-state index contributed by atoms with van der Waals surface area (Å²) in [6, 6.07) is 31.2. The van der Waals surface area contributed by atoms with Gasteiger partial charge in [0.2, 0.25) is 0 Å². The molecule has 214 valence electrons. The fourth-order valence-electron chi connectivity index (χ4n) is 3.93. The van der Waals surface area contributed by atoms with E-state index in [2.05, 4.69) is 35.2 Å². The number of hydrogen-bond acceptors (Lipinski definition) is 7. The molecule has 0 radical (unpaired) electrons. The molecular weight excluding hydrogens is 585 g/mol. The fraction of sp³-hybridized carbons (Fsp3) is 0. The number of nitrogens with zero attached hydrogens (tertiary/aromatic N) is 2. The molecule has 1 heterocycles. The summed E-state index contributed by atoms with van der Waals surface area (Å²) in [5.74, 6) is 1.92. The summed E-state index contributed by atoms with van der Waals surface area (Å²) >= 11 is 8.43. The number of benzene rings is 4. The van der Waals surface area contributed by atoms with Crippen LogP contribution in [-0.2, 0) is 0 Å². The van der Waals surface area contributed by atoms with Gasteiger partial charge in [-0.15, -0.1) is 25.3 Å². The van der Waals surface area contributed by atoms with E-state index < -0.39 is 12.2 Å². The van der Waals surface area contributed by atoms with Gasteiger partial charge in [0, 0.05) is 32.0 Å². The number of ether oxygens (including phenoxy) is 2. The molecule has 0 saturated carbocycles. The molecule has 0 aliphatic carbocycles. The first-order valence-corrected chi connectivity index (χ1v) is 13.6. The van der Waals surface area contributed by atoms with Crippen molar-refractivity contribution in [3.05, 3.63) is 120 Å². The lowest BCUT2D eigenvalue weighted by molar-refractivity contribution is 0.210. The van der Waals surface area contributed by atoms with E-state index in [1.807, 2.05) is 36.4 Å². The van der Waals surface area contributed by atoms with Gasteiger partial charge in [0.05, 0.1) is 0 Å². The lowest BCUT2D eigenvalue weighted by atomic mass is 10.1. The topological polar surface area (TPSA) is 142 Å². The molecule has 0 unspecified atom stereocenters. The predicted octanol–water partition coefficient (Wildman–Crippen LogP) is 7.00. The van der Waals surface area contributed by atoms with E-state index in [1.165, 1.54) is 0 Å². The number of carbonyl (C=O) groups excluding carboxylic acids is 2. The summed E-state index contributed by atoms with van der Waals surface area (Å²) in [4.78, 5) is 33.2. The molecule has 0 saturated heterocycles. The molecule has 0 spiro atoms. The number of aliphatic imine (C=N–C) groups is 2. The van der Waals surface area contributed by atoms with Crippen molar-refractivity contribution in [1.29, 1.82) is 0 Å². The predicted molar refractivity (Wildman–Crippen MR) is 170 cm³/mol. The van der Waals surface area contributed by atoms with Gasteiger partial charge < -0.3 is 25.4 Å². The molecule has 4 N–H and O–H groups in total.